The molecule has 3 saturated heterocycles. The van der Waals surface area contributed by atoms with Crippen molar-refractivity contribution in [1.29, 1.82) is 0 Å². The van der Waals surface area contributed by atoms with Gasteiger partial charge in [-0.15, -0.1) is 5.10 Å². The maximum Gasteiger partial charge on any atom is 0.389 e. The minimum absolute atomic E-state index is 0.0371. The molecule has 0 spiro atoms. The fourth-order valence-corrected chi connectivity index (χ4v) is 15.0. The molecular formula is C53H50BF2N13O11P2S. The summed E-state index contributed by atoms with van der Waals surface area (Å²) in [6.45, 7) is -4.47. The molecule has 10 atom stereocenters. The Morgan fingerprint density at radius 1 is 0.771 bits per heavy atom. The van der Waals surface area contributed by atoms with Crippen LogP contribution in [0.5, 0.6) is 11.5 Å². The molecule has 0 radical (unpaired) electrons. The summed E-state index contributed by atoms with van der Waals surface area (Å²) in [5.41, 5.74) is 20.0. The van der Waals surface area contributed by atoms with Crippen LogP contribution in [-0.2, 0) is 55.5 Å². The van der Waals surface area contributed by atoms with Gasteiger partial charge in [-0.1, -0.05) is 59.8 Å². The molecule has 0 bridgehead atoms. The molecule has 0 unspecified atom stereocenters. The van der Waals surface area contributed by atoms with Crippen LogP contribution < -0.4 is 25.8 Å². The van der Waals surface area contributed by atoms with Crippen LogP contribution in [0.2, 0.25) is 0 Å². The van der Waals surface area contributed by atoms with Crippen LogP contribution >= 0.6 is 25.7 Å². The number of imidazole rings is 2. The minimum Gasteiger partial charge on any atom is -0.492 e. The Balaban J connectivity index is 0.690. The highest BCUT2D eigenvalue weighted by Crippen LogP contribution is 2.65. The van der Waals surface area contributed by atoms with Crippen molar-refractivity contribution in [3.8, 4) is 34.0 Å². The summed E-state index contributed by atoms with van der Waals surface area (Å²) in [5.74, 6) is 0.0953. The van der Waals surface area contributed by atoms with E-state index in [1.165, 1.54) is 40.4 Å². The number of carbonyl (C=O) groups is 1. The highest BCUT2D eigenvalue weighted by atomic mass is 32.7. The number of para-hydroxylation sites is 1. The summed E-state index contributed by atoms with van der Waals surface area (Å²) in [6, 6.07) is 30.9. The number of fused-ring (bicyclic) bond motifs is 9. The Kier molecular flexibility index (Phi) is 14.6. The molecule has 24 nitrogen and oxygen atoms in total. The first kappa shape index (κ1) is 54.6. The summed E-state index contributed by atoms with van der Waals surface area (Å²) in [6.07, 6.45) is -8.05. The van der Waals surface area contributed by atoms with E-state index in [9.17, 15) is 9.36 Å². The van der Waals surface area contributed by atoms with Crippen LogP contribution in [0.4, 0.5) is 26.0 Å². The van der Waals surface area contributed by atoms with Gasteiger partial charge in [0, 0.05) is 42.4 Å². The van der Waals surface area contributed by atoms with Crippen LogP contribution in [0.1, 0.15) is 33.9 Å². The van der Waals surface area contributed by atoms with Gasteiger partial charge in [-0.3, -0.25) is 22.7 Å². The summed E-state index contributed by atoms with van der Waals surface area (Å²) >= 11 is 0.700. The molecule has 9 aromatic rings. The van der Waals surface area contributed by atoms with Gasteiger partial charge in [-0.05, 0) is 71.0 Å². The van der Waals surface area contributed by atoms with Crippen LogP contribution in [-0.4, -0.2) is 126 Å². The first-order chi connectivity index (χ1) is 40.2. The lowest BCUT2D eigenvalue weighted by molar-refractivity contribution is -0.0546. The van der Waals surface area contributed by atoms with Crippen LogP contribution in [0.25, 0.3) is 44.8 Å². The second-order valence-electron chi connectivity index (χ2n) is 20.0. The molecule has 9 heterocycles. The van der Waals surface area contributed by atoms with Crippen molar-refractivity contribution < 1.29 is 59.7 Å². The number of benzene rings is 4. The van der Waals surface area contributed by atoms with E-state index in [1.54, 1.807) is 48.5 Å². The highest BCUT2D eigenvalue weighted by molar-refractivity contribution is 8.54. The molecule has 4 aromatic carbocycles. The fraction of sp³-hybridized carbons (Fsp3) is 0.283. The molecule has 0 saturated carbocycles. The monoisotopic (exact) mass is 1190 g/mol. The van der Waals surface area contributed by atoms with E-state index in [4.69, 9.17) is 48.5 Å². The average Bonchev–Trinajstić information content (AvgIpc) is 2.84. The van der Waals surface area contributed by atoms with Crippen LogP contribution in [0, 0.1) is 0 Å². The van der Waals surface area contributed by atoms with E-state index in [0.29, 0.717) is 35.8 Å². The smallest absolute Gasteiger partial charge is 0.389 e. The number of rotatable bonds is 11. The number of ether oxygens (including phenoxy) is 4. The predicted molar refractivity (Wildman–Crippen MR) is 302 cm³/mol. The van der Waals surface area contributed by atoms with Gasteiger partial charge in [-0.25, -0.2) is 47.7 Å². The largest absolute Gasteiger partial charge is 0.492 e. The van der Waals surface area contributed by atoms with E-state index >= 15 is 13.3 Å². The van der Waals surface area contributed by atoms with Crippen LogP contribution in [0.15, 0.2) is 128 Å². The average molecular weight is 1190 g/mol. The highest BCUT2D eigenvalue weighted by Gasteiger charge is 2.55. The van der Waals surface area contributed by atoms with Crippen molar-refractivity contribution >= 4 is 78.7 Å². The molecule has 0 aliphatic carbocycles. The molecule has 13 rings (SSSR count). The van der Waals surface area contributed by atoms with Gasteiger partial charge < -0.3 is 44.4 Å². The Bertz CT molecular complexity index is 4020. The van der Waals surface area contributed by atoms with Gasteiger partial charge in [0.2, 0.25) is 0 Å². The number of aromatic nitrogens is 10. The van der Waals surface area contributed by atoms with E-state index < -0.39 is 82.7 Å². The molecule has 426 valence electrons. The third-order valence-corrected chi connectivity index (χ3v) is 19.5. The van der Waals surface area contributed by atoms with Crippen LogP contribution in [0.3, 0.4) is 0 Å². The number of esters is 1. The van der Waals surface area contributed by atoms with Crippen molar-refractivity contribution in [1.82, 2.24) is 49.0 Å². The number of nitrogens with zero attached hydrogens (tertiary/aromatic N) is 11. The van der Waals surface area contributed by atoms with Gasteiger partial charge in [0.05, 0.1) is 49.4 Å². The van der Waals surface area contributed by atoms with Gasteiger partial charge in [-0.2, -0.15) is 0 Å². The Labute approximate surface area is 475 Å². The summed E-state index contributed by atoms with van der Waals surface area (Å²) in [4.78, 5) is 36.6. The van der Waals surface area contributed by atoms with Gasteiger partial charge >= 0.3 is 12.8 Å². The lowest BCUT2D eigenvalue weighted by Gasteiger charge is -2.30. The van der Waals surface area contributed by atoms with Crippen molar-refractivity contribution in [2.45, 2.75) is 68.1 Å². The number of halogens is 2. The molecular weight excluding hydrogens is 1140 g/mol. The van der Waals surface area contributed by atoms with Crippen molar-refractivity contribution in [3.63, 3.8) is 0 Å². The summed E-state index contributed by atoms with van der Waals surface area (Å²) in [5, 5.41) is 9.19. The number of carbonyl (C=O) groups excluding carboxylic acids is 1. The molecule has 83 heavy (non-hydrogen) atoms. The lowest BCUT2D eigenvalue weighted by Crippen LogP contribution is -2.37. The SMILES string of the molecule is B[P@@]1(=O)OC[C@H]2O[C@@H](n3cnc4c(N)ccnc43)[C@H](F)[C@@H]2O[P@@](=O)(SCc2ccc(OC(=O)c3ccc(OCCn4nnc5c4-c4ccccc4CN(C)c4ccccc4-5)cc3)cc2)OC[C@H]2O[C@@H](n3cnc4c(N)ncnc43)[C@H](F)[C@@H]2O1. The summed E-state index contributed by atoms with van der Waals surface area (Å²) < 4.78 is 116. The maximum atomic E-state index is 17.1. The van der Waals surface area contributed by atoms with E-state index in [-0.39, 0.29) is 57.5 Å². The number of hydrogen-bond donors (Lipinski definition) is 2. The van der Waals surface area contributed by atoms with Gasteiger partial charge in [0.25, 0.3) is 15.0 Å². The second-order valence-corrected chi connectivity index (χ2v) is 26.0. The number of anilines is 3. The van der Waals surface area contributed by atoms with E-state index in [2.05, 4.69) is 71.4 Å². The Morgan fingerprint density at radius 3 is 2.19 bits per heavy atom. The standard InChI is InChI=1S/C53H50BF2N13O11P2S/c1-66-22-31-6-2-3-7-34(31)45-42(35-8-4-5-9-37(35)66)64-65-69(45)20-21-73-32-16-12-30(13-17-32)53(70)76-33-14-10-29(11-15-33)25-83-82(72)75-24-39-46(40(55)51(78-39)68-28-63-44-48(58)60-26-61-50(44)68)79-81(54,71)74-23-38-47(80-82)41(56)52(77-38)67-27-62-43-36(57)18-19-59-49(43)67/h2-19,26-28,38-41,46-47,51-52H,20-25,54H2,1H3,(H2,57,59)(H2,58,60,61)/t38-,39-,40-,41-,46-,47-,51-,52-,81-,82+/m1/s1. The van der Waals surface area contributed by atoms with E-state index in [1.807, 2.05) is 28.9 Å². The lowest BCUT2D eigenvalue weighted by atomic mass is 9.96. The zero-order valence-electron chi connectivity index (χ0n) is 44.1. The zero-order valence-corrected chi connectivity index (χ0v) is 46.7. The van der Waals surface area contributed by atoms with E-state index in [0.717, 1.165) is 41.3 Å². The molecule has 3 fully saturated rings. The molecule has 5 aromatic heterocycles. The minimum atomic E-state index is -4.56. The fourth-order valence-electron chi connectivity index (χ4n) is 10.5. The Morgan fingerprint density at radius 2 is 1.43 bits per heavy atom. The number of hydrogen-bond acceptors (Lipinski definition) is 22. The number of alkyl halides is 2. The molecule has 0 amide bonds. The van der Waals surface area contributed by atoms with Gasteiger partial charge in [0.1, 0.15) is 65.6 Å². The molecule has 4 aliphatic rings. The Hall–Kier alpha value is -7.65. The molecule has 4 N–H and O–H groups in total. The van der Waals surface area contributed by atoms with Crippen molar-refractivity contribution in [2.24, 2.45) is 0 Å². The zero-order chi connectivity index (χ0) is 57.1. The first-order valence-corrected chi connectivity index (χ1v) is 31.2. The quantitative estimate of drug-likeness (QED) is 0.0543. The molecule has 30 heteroatoms. The first-order valence-electron chi connectivity index (χ1n) is 26.1. The summed E-state index contributed by atoms with van der Waals surface area (Å²) in [7, 11) is -1.03. The van der Waals surface area contributed by atoms with Crippen molar-refractivity contribution in [3.05, 3.63) is 145 Å². The normalized spacial score (nSPS) is 26.1. The third-order valence-electron chi connectivity index (χ3n) is 14.6. The topological polar surface area (TPSA) is 285 Å². The third kappa shape index (κ3) is 10.6. The number of nitrogen functional groups attached to an aromatic ring is 2. The maximum absolute atomic E-state index is 17.1. The van der Waals surface area contributed by atoms with Gasteiger partial charge in [0.15, 0.2) is 41.9 Å². The van der Waals surface area contributed by atoms with Crippen molar-refractivity contribution in [2.75, 3.05) is 43.2 Å². The number of nitrogens with two attached hydrogens (primary N) is 2. The number of pyridine rings is 1. The predicted octanol–water partition coefficient (Wildman–Crippen LogP) is 7.68. The second kappa shape index (κ2) is 22.2. The molecule has 4 aliphatic heterocycles.